The molecule has 0 atom stereocenters. The normalized spacial score (nSPS) is 11.6. The van der Waals surface area contributed by atoms with E-state index in [1.807, 2.05) is 40.9 Å². The zero-order valence-electron chi connectivity index (χ0n) is 31.5. The molecule has 0 radical (unpaired) electrons. The number of hydrogen-bond acceptors (Lipinski definition) is 4. The second kappa shape index (κ2) is 13.4. The van der Waals surface area contributed by atoms with E-state index in [1.54, 1.807) is 0 Å². The van der Waals surface area contributed by atoms with Crippen molar-refractivity contribution in [2.45, 2.75) is 0 Å². The van der Waals surface area contributed by atoms with Gasteiger partial charge in [-0.25, -0.2) is 15.0 Å². The molecule has 0 amide bonds. The Morgan fingerprint density at radius 3 is 1.71 bits per heavy atom. The molecule has 0 fully saturated rings. The molecule has 0 saturated heterocycles. The summed E-state index contributed by atoms with van der Waals surface area (Å²) >= 11 is 0. The fourth-order valence-corrected chi connectivity index (χ4v) is 8.52. The molecule has 8 aromatic carbocycles. The summed E-state index contributed by atoms with van der Waals surface area (Å²) in [5.41, 5.74) is 16.7. The predicted octanol–water partition coefficient (Wildman–Crippen LogP) is 13.0. The fraction of sp³-hybridized carbons (Fsp3) is 0. The summed E-state index contributed by atoms with van der Waals surface area (Å²) in [6.07, 6.45) is 1.94. The van der Waals surface area contributed by atoms with Crippen LogP contribution in [-0.4, -0.2) is 19.4 Å². The number of anilines is 1. The maximum Gasteiger partial charge on any atom is 0.161 e. The highest BCUT2D eigenvalue weighted by atomic mass is 15.1. The minimum atomic E-state index is 0.597. The number of nitrogens with zero attached hydrogens (tertiary/aromatic N) is 4. The van der Waals surface area contributed by atoms with Gasteiger partial charge in [0.05, 0.1) is 11.4 Å². The van der Waals surface area contributed by atoms with Gasteiger partial charge in [-0.3, -0.25) is 4.40 Å². The first-order valence-electron chi connectivity index (χ1n) is 19.4. The molecule has 0 unspecified atom stereocenters. The number of rotatable bonds is 6. The van der Waals surface area contributed by atoms with Crippen molar-refractivity contribution in [2.75, 3.05) is 5.73 Å². The van der Waals surface area contributed by atoms with Crippen molar-refractivity contribution < 1.29 is 0 Å². The smallest absolute Gasteiger partial charge is 0.161 e. The number of pyridine rings is 1. The second-order valence-electron chi connectivity index (χ2n) is 14.7. The van der Waals surface area contributed by atoms with E-state index in [0.717, 1.165) is 77.8 Å². The van der Waals surface area contributed by atoms with Crippen LogP contribution >= 0.6 is 0 Å². The van der Waals surface area contributed by atoms with Crippen molar-refractivity contribution in [3.63, 3.8) is 0 Å². The Hall–Kier alpha value is -7.89. The molecular weight excluding hydrogens is 707 g/mol. The Bertz CT molecular complexity index is 3290. The lowest BCUT2D eigenvalue weighted by Gasteiger charge is -2.15. The number of fused-ring (bicyclic) bond motifs is 7. The van der Waals surface area contributed by atoms with Gasteiger partial charge in [-0.1, -0.05) is 158 Å². The molecule has 0 aliphatic heterocycles. The quantitative estimate of drug-likeness (QED) is 0.172. The van der Waals surface area contributed by atoms with Crippen molar-refractivity contribution >= 4 is 60.1 Å². The number of aromatic nitrogens is 4. The Labute approximate surface area is 335 Å². The SMILES string of the molecule is C=C(c1ccc(-c2cc(-c3cc4ccccc4c4ccccc34)nc(-c3cc4ccccc4c4ccccc34)n2)cc1)c1ccccc1-c1nc2ccccn2c1N. The molecule has 2 N–H and O–H groups in total. The van der Waals surface area contributed by atoms with Crippen molar-refractivity contribution in [3.05, 3.63) is 206 Å². The summed E-state index contributed by atoms with van der Waals surface area (Å²) in [5.74, 6) is 1.28. The van der Waals surface area contributed by atoms with E-state index in [-0.39, 0.29) is 0 Å². The second-order valence-corrected chi connectivity index (χ2v) is 14.7. The fourth-order valence-electron chi connectivity index (χ4n) is 8.52. The van der Waals surface area contributed by atoms with Gasteiger partial charge in [0.15, 0.2) is 5.82 Å². The Morgan fingerprint density at radius 2 is 1.02 bits per heavy atom. The molecule has 0 aliphatic rings. The van der Waals surface area contributed by atoms with Gasteiger partial charge in [0, 0.05) is 28.5 Å². The van der Waals surface area contributed by atoms with E-state index >= 15 is 0 Å². The van der Waals surface area contributed by atoms with Crippen molar-refractivity contribution in [2.24, 2.45) is 0 Å². The monoisotopic (exact) mass is 741 g/mol. The van der Waals surface area contributed by atoms with E-state index < -0.39 is 0 Å². The molecular formula is C53H35N5. The first-order chi connectivity index (χ1) is 28.6. The standard InChI is InChI=1S/C53H35N5/c1-33(38-16-6-11-23-45(38)51-52(54)58-29-13-12-24-50(58)57-51)34-25-27-35(28-26-34)48-32-49(46-30-36-14-2-4-17-39(36)41-19-7-9-21-43(41)46)56-53(55-48)47-31-37-15-3-5-18-40(37)42-20-8-10-22-44(42)47/h2-32H,1,54H2. The first kappa shape index (κ1) is 33.4. The summed E-state index contributed by atoms with van der Waals surface area (Å²) in [4.78, 5) is 15.7. The molecule has 58 heavy (non-hydrogen) atoms. The molecule has 11 aromatic rings. The molecule has 0 spiro atoms. The van der Waals surface area contributed by atoms with Gasteiger partial charge >= 0.3 is 0 Å². The van der Waals surface area contributed by atoms with Crippen LogP contribution in [0, 0.1) is 0 Å². The van der Waals surface area contributed by atoms with E-state index in [4.69, 9.17) is 20.7 Å². The largest absolute Gasteiger partial charge is 0.383 e. The third kappa shape index (κ3) is 5.44. The van der Waals surface area contributed by atoms with Crippen LogP contribution in [-0.2, 0) is 0 Å². The highest BCUT2D eigenvalue weighted by molar-refractivity contribution is 6.15. The van der Waals surface area contributed by atoms with Gasteiger partial charge in [-0.15, -0.1) is 0 Å². The summed E-state index contributed by atoms with van der Waals surface area (Å²) in [6.45, 7) is 4.58. The minimum Gasteiger partial charge on any atom is -0.383 e. The van der Waals surface area contributed by atoms with Gasteiger partial charge in [0.2, 0.25) is 0 Å². The Kier molecular flexibility index (Phi) is 7.73. The topological polar surface area (TPSA) is 69.1 Å². The maximum absolute atomic E-state index is 6.65. The van der Waals surface area contributed by atoms with Crippen molar-refractivity contribution in [1.29, 1.82) is 0 Å². The molecule has 0 aliphatic carbocycles. The zero-order chi connectivity index (χ0) is 38.7. The van der Waals surface area contributed by atoms with Crippen LogP contribution in [0.25, 0.3) is 99.5 Å². The Balaban J connectivity index is 1.07. The number of nitrogens with two attached hydrogens (primary N) is 1. The van der Waals surface area contributed by atoms with Crippen molar-refractivity contribution in [3.8, 4) is 45.2 Å². The molecule has 0 bridgehead atoms. The highest BCUT2D eigenvalue weighted by Gasteiger charge is 2.19. The molecule has 0 saturated carbocycles. The lowest BCUT2D eigenvalue weighted by atomic mass is 9.92. The van der Waals surface area contributed by atoms with Crippen LogP contribution in [0.2, 0.25) is 0 Å². The molecule has 3 heterocycles. The molecule has 3 aromatic heterocycles. The average Bonchev–Trinajstić information content (AvgIpc) is 3.63. The van der Waals surface area contributed by atoms with Crippen LogP contribution in [0.5, 0.6) is 0 Å². The predicted molar refractivity (Wildman–Crippen MR) is 242 cm³/mol. The summed E-state index contributed by atoms with van der Waals surface area (Å²) < 4.78 is 1.91. The van der Waals surface area contributed by atoms with Gasteiger partial charge in [-0.2, -0.15) is 0 Å². The number of nitrogen functional groups attached to an aromatic ring is 1. The average molecular weight is 742 g/mol. The van der Waals surface area contributed by atoms with E-state index in [0.29, 0.717) is 11.6 Å². The summed E-state index contributed by atoms with van der Waals surface area (Å²) in [5, 5.41) is 9.39. The van der Waals surface area contributed by atoms with E-state index in [2.05, 4.69) is 158 Å². The maximum atomic E-state index is 6.65. The first-order valence-corrected chi connectivity index (χ1v) is 19.4. The molecule has 272 valence electrons. The van der Waals surface area contributed by atoms with Crippen LogP contribution in [0.15, 0.2) is 195 Å². The molecule has 5 heteroatoms. The van der Waals surface area contributed by atoms with E-state index in [1.165, 1.54) is 26.9 Å². The van der Waals surface area contributed by atoms with Gasteiger partial charge in [0.25, 0.3) is 0 Å². The van der Waals surface area contributed by atoms with Crippen LogP contribution in [0.4, 0.5) is 5.82 Å². The van der Waals surface area contributed by atoms with Crippen LogP contribution in [0.1, 0.15) is 11.1 Å². The van der Waals surface area contributed by atoms with Gasteiger partial charge in [-0.05, 0) is 90.1 Å². The lowest BCUT2D eigenvalue weighted by Crippen LogP contribution is -1.98. The third-order valence-corrected chi connectivity index (χ3v) is 11.4. The van der Waals surface area contributed by atoms with Gasteiger partial charge in [0.1, 0.15) is 17.2 Å². The minimum absolute atomic E-state index is 0.597. The van der Waals surface area contributed by atoms with Crippen LogP contribution < -0.4 is 5.73 Å². The third-order valence-electron chi connectivity index (χ3n) is 11.4. The highest BCUT2D eigenvalue weighted by Crippen LogP contribution is 2.40. The summed E-state index contributed by atoms with van der Waals surface area (Å²) in [6, 6.07) is 63.5. The van der Waals surface area contributed by atoms with E-state index in [9.17, 15) is 0 Å². The Morgan fingerprint density at radius 1 is 0.466 bits per heavy atom. The molecule has 11 rings (SSSR count). The van der Waals surface area contributed by atoms with Crippen molar-refractivity contribution in [1.82, 2.24) is 19.4 Å². The lowest BCUT2D eigenvalue weighted by molar-refractivity contribution is 1.19. The van der Waals surface area contributed by atoms with Gasteiger partial charge < -0.3 is 5.73 Å². The number of benzene rings is 8. The summed E-state index contributed by atoms with van der Waals surface area (Å²) in [7, 11) is 0. The zero-order valence-corrected chi connectivity index (χ0v) is 31.5. The molecule has 5 nitrogen and oxygen atoms in total. The number of imidazole rings is 1. The number of hydrogen-bond donors (Lipinski definition) is 1. The van der Waals surface area contributed by atoms with Crippen LogP contribution in [0.3, 0.4) is 0 Å².